The number of aliphatic hydroxyl groups is 2. The Morgan fingerprint density at radius 2 is 1.91 bits per heavy atom. The van der Waals surface area contributed by atoms with Gasteiger partial charge in [0.1, 0.15) is 18.0 Å². The van der Waals surface area contributed by atoms with Crippen LogP contribution in [0.15, 0.2) is 54.1 Å². The molecule has 6 rings (SSSR count). The van der Waals surface area contributed by atoms with Crippen LogP contribution < -0.4 is 4.74 Å². The molecule has 1 saturated heterocycles. The van der Waals surface area contributed by atoms with Crippen molar-refractivity contribution in [1.82, 2.24) is 0 Å². The molecule has 9 atom stereocenters. The molecule has 0 spiro atoms. The van der Waals surface area contributed by atoms with Gasteiger partial charge in [-0.2, -0.15) is 0 Å². The van der Waals surface area contributed by atoms with E-state index in [1.807, 2.05) is 36.4 Å². The summed E-state index contributed by atoms with van der Waals surface area (Å²) in [7, 11) is 0. The average molecular weight is 451 g/mol. The molecule has 1 aromatic rings. The van der Waals surface area contributed by atoms with Crippen molar-refractivity contribution in [2.45, 2.75) is 63.9 Å². The highest BCUT2D eigenvalue weighted by Gasteiger charge is 2.79. The largest absolute Gasteiger partial charge is 0.457 e. The van der Waals surface area contributed by atoms with Crippen molar-refractivity contribution in [3.63, 3.8) is 0 Å². The topological polar surface area (TPSA) is 79.3 Å². The summed E-state index contributed by atoms with van der Waals surface area (Å²) in [6.07, 6.45) is 8.07. The Labute approximate surface area is 195 Å². The molecule has 5 aliphatic rings. The molecule has 1 unspecified atom stereocenters. The lowest BCUT2D eigenvalue weighted by molar-refractivity contribution is -0.235. The maximum absolute atomic E-state index is 12.5. The number of carbonyl (C=O) groups is 1. The molecule has 1 heterocycles. The number of benzene rings is 1. The Hall–Kier alpha value is -1.95. The van der Waals surface area contributed by atoms with Crippen LogP contribution in [0.5, 0.6) is 5.75 Å². The van der Waals surface area contributed by atoms with E-state index < -0.39 is 22.9 Å². The van der Waals surface area contributed by atoms with Gasteiger partial charge >= 0.3 is 0 Å². The second kappa shape index (κ2) is 6.80. The average Bonchev–Trinajstić information content (AvgIpc) is 3.53. The van der Waals surface area contributed by atoms with E-state index >= 15 is 0 Å². The molecule has 4 aliphatic carbocycles. The molecule has 0 amide bonds. The van der Waals surface area contributed by atoms with Gasteiger partial charge in [0.2, 0.25) is 0 Å². The van der Waals surface area contributed by atoms with Crippen molar-refractivity contribution >= 4 is 5.78 Å². The summed E-state index contributed by atoms with van der Waals surface area (Å²) in [6, 6.07) is 9.57. The second-order valence-electron chi connectivity index (χ2n) is 11.6. The number of para-hydroxylation sites is 1. The fraction of sp³-hybridized carbons (Fsp3) is 0.607. The summed E-state index contributed by atoms with van der Waals surface area (Å²) in [5, 5.41) is 24.1. The predicted octanol–water partition coefficient (Wildman–Crippen LogP) is 4.05. The Bertz CT molecular complexity index is 1040. The fourth-order valence-corrected chi connectivity index (χ4v) is 8.57. The number of rotatable bonds is 3. The second-order valence-corrected chi connectivity index (χ2v) is 11.6. The van der Waals surface area contributed by atoms with Gasteiger partial charge in [0.25, 0.3) is 5.79 Å². The van der Waals surface area contributed by atoms with Gasteiger partial charge in [-0.3, -0.25) is 4.79 Å². The van der Waals surface area contributed by atoms with E-state index in [4.69, 9.17) is 9.47 Å². The van der Waals surface area contributed by atoms with Crippen LogP contribution >= 0.6 is 0 Å². The third-order valence-electron chi connectivity index (χ3n) is 10.1. The summed E-state index contributed by atoms with van der Waals surface area (Å²) in [5.41, 5.74) is -0.906. The normalized spacial score (nSPS) is 50.2. The standard InChI is InChI=1S/C28H34O5/c1-17-13-22-21-10-9-18-14-19(29)11-12-25(18,2)24(21)23(30)15-26(22,3)28(17,31)27(16-32-27)33-20-7-5-4-6-8-20/h4-8,11-12,14,17,21-24,30-31H,9-10,13,15-16H2,1-3H3/t17-,21+,22+,23+,24-,25+,26+,27?,28-/m1/s1. The highest BCUT2D eigenvalue weighted by molar-refractivity contribution is 6.01. The molecule has 2 N–H and O–H groups in total. The number of epoxide rings is 1. The maximum atomic E-state index is 12.5. The third-order valence-corrected chi connectivity index (χ3v) is 10.1. The van der Waals surface area contributed by atoms with Gasteiger partial charge < -0.3 is 19.7 Å². The van der Waals surface area contributed by atoms with Gasteiger partial charge in [0.15, 0.2) is 5.78 Å². The number of ether oxygens (including phenoxy) is 2. The van der Waals surface area contributed by atoms with E-state index in [-0.39, 0.29) is 34.9 Å². The molecule has 3 saturated carbocycles. The number of allylic oxidation sites excluding steroid dienone is 4. The van der Waals surface area contributed by atoms with Crippen molar-refractivity contribution in [3.8, 4) is 5.75 Å². The van der Waals surface area contributed by atoms with Crippen LogP contribution in [0.1, 0.15) is 46.5 Å². The molecule has 5 heteroatoms. The first-order chi connectivity index (χ1) is 15.6. The highest BCUT2D eigenvalue weighted by Crippen LogP contribution is 2.71. The van der Waals surface area contributed by atoms with Crippen LogP contribution in [0.3, 0.4) is 0 Å². The lowest BCUT2D eigenvalue weighted by atomic mass is 9.46. The van der Waals surface area contributed by atoms with E-state index in [0.29, 0.717) is 18.8 Å². The molecule has 1 aliphatic heterocycles. The van der Waals surface area contributed by atoms with Gasteiger partial charge in [-0.1, -0.05) is 50.6 Å². The number of fused-ring (bicyclic) bond motifs is 5. The third kappa shape index (κ3) is 2.67. The molecule has 5 nitrogen and oxygen atoms in total. The van der Waals surface area contributed by atoms with Crippen LogP contribution in [0, 0.1) is 34.5 Å². The summed E-state index contributed by atoms with van der Waals surface area (Å²) >= 11 is 0. The van der Waals surface area contributed by atoms with Crippen molar-refractivity contribution in [2.24, 2.45) is 34.5 Å². The summed E-state index contributed by atoms with van der Waals surface area (Å²) in [6.45, 7) is 6.79. The van der Waals surface area contributed by atoms with Gasteiger partial charge in [-0.05, 0) is 67.7 Å². The number of aliphatic hydroxyl groups excluding tert-OH is 1. The maximum Gasteiger partial charge on any atom is 0.264 e. The van der Waals surface area contributed by atoms with Crippen molar-refractivity contribution < 1.29 is 24.5 Å². The van der Waals surface area contributed by atoms with Gasteiger partial charge in [0, 0.05) is 16.7 Å². The number of carbonyl (C=O) groups excluding carboxylic acids is 1. The van der Waals surface area contributed by atoms with E-state index in [9.17, 15) is 15.0 Å². The first kappa shape index (κ1) is 21.6. The minimum Gasteiger partial charge on any atom is -0.457 e. The van der Waals surface area contributed by atoms with E-state index in [0.717, 1.165) is 24.8 Å². The minimum atomic E-state index is -1.21. The zero-order valence-electron chi connectivity index (χ0n) is 19.7. The summed E-state index contributed by atoms with van der Waals surface area (Å²) in [4.78, 5) is 12.0. The monoisotopic (exact) mass is 450 g/mol. The van der Waals surface area contributed by atoms with Crippen LogP contribution in [-0.4, -0.2) is 40.1 Å². The Balaban J connectivity index is 1.38. The summed E-state index contributed by atoms with van der Waals surface area (Å²) < 4.78 is 12.3. The lowest BCUT2D eigenvalue weighted by Gasteiger charge is -2.60. The van der Waals surface area contributed by atoms with Crippen LogP contribution in [0.2, 0.25) is 0 Å². The Morgan fingerprint density at radius 3 is 2.61 bits per heavy atom. The zero-order chi connectivity index (χ0) is 23.2. The molecule has 176 valence electrons. The Kier molecular flexibility index (Phi) is 4.45. The molecule has 1 aromatic carbocycles. The fourth-order valence-electron chi connectivity index (χ4n) is 8.57. The SMILES string of the molecule is C[C@@H]1C[C@H]2[C@@H]3CCC4=CC(=O)C=C[C@]4(C)[C@H]3[C@@H](O)C[C@]2(C)[C@@]1(O)C1(Oc2ccccc2)CO1. The lowest BCUT2D eigenvalue weighted by Crippen LogP contribution is -2.65. The Morgan fingerprint density at radius 1 is 1.18 bits per heavy atom. The van der Waals surface area contributed by atoms with Crippen molar-refractivity contribution in [3.05, 3.63) is 54.1 Å². The minimum absolute atomic E-state index is 0.0297. The summed E-state index contributed by atoms with van der Waals surface area (Å²) in [5.74, 6) is 0.182. The number of ketones is 1. The first-order valence-corrected chi connectivity index (χ1v) is 12.4. The van der Waals surface area contributed by atoms with E-state index in [1.54, 1.807) is 12.2 Å². The van der Waals surface area contributed by atoms with Gasteiger partial charge in [-0.25, -0.2) is 0 Å². The zero-order valence-corrected chi connectivity index (χ0v) is 19.7. The smallest absolute Gasteiger partial charge is 0.264 e. The number of hydrogen-bond donors (Lipinski definition) is 2. The number of hydrogen-bond acceptors (Lipinski definition) is 5. The van der Waals surface area contributed by atoms with E-state index in [2.05, 4.69) is 20.8 Å². The predicted molar refractivity (Wildman–Crippen MR) is 123 cm³/mol. The first-order valence-electron chi connectivity index (χ1n) is 12.4. The van der Waals surface area contributed by atoms with Crippen molar-refractivity contribution in [2.75, 3.05) is 6.61 Å². The van der Waals surface area contributed by atoms with Gasteiger partial charge in [-0.15, -0.1) is 0 Å². The molecule has 0 radical (unpaired) electrons. The van der Waals surface area contributed by atoms with E-state index in [1.165, 1.54) is 0 Å². The molecule has 0 aromatic heterocycles. The van der Waals surface area contributed by atoms with Crippen molar-refractivity contribution in [1.29, 1.82) is 0 Å². The molecule has 4 fully saturated rings. The van der Waals surface area contributed by atoms with Crippen LogP contribution in [0.4, 0.5) is 0 Å². The molecular formula is C28H34O5. The van der Waals surface area contributed by atoms with Crippen LogP contribution in [-0.2, 0) is 9.53 Å². The highest BCUT2D eigenvalue weighted by atomic mass is 16.8. The van der Waals surface area contributed by atoms with Crippen LogP contribution in [0.25, 0.3) is 0 Å². The molecule has 0 bridgehead atoms. The quantitative estimate of drug-likeness (QED) is 0.680. The molecular weight excluding hydrogens is 416 g/mol. The molecule has 33 heavy (non-hydrogen) atoms. The van der Waals surface area contributed by atoms with Gasteiger partial charge in [0.05, 0.1) is 6.10 Å².